The van der Waals surface area contributed by atoms with Crippen LogP contribution in [0.5, 0.6) is 0 Å². The van der Waals surface area contributed by atoms with Gasteiger partial charge in [-0.15, -0.1) is 23.1 Å². The van der Waals surface area contributed by atoms with E-state index in [1.807, 2.05) is 6.92 Å². The van der Waals surface area contributed by atoms with Crippen molar-refractivity contribution in [3.05, 3.63) is 17.0 Å². The third-order valence-corrected chi connectivity index (χ3v) is 8.49. The van der Waals surface area contributed by atoms with Crippen LogP contribution >= 0.6 is 23.1 Å². The highest BCUT2D eigenvalue weighted by molar-refractivity contribution is 8.01. The molecule has 1 saturated carbocycles. The average molecular weight is 333 g/mol. The Balaban J connectivity index is 2.00. The lowest BCUT2D eigenvalue weighted by atomic mass is 10.3. The van der Waals surface area contributed by atoms with Crippen molar-refractivity contribution < 1.29 is 18.3 Å². The summed E-state index contributed by atoms with van der Waals surface area (Å²) in [7, 11) is -3.72. The number of thiophene rings is 1. The molecule has 1 aliphatic heterocycles. The number of carbonyl (C=O) groups is 1. The number of nitrogens with zero attached hydrogens (tertiary/aromatic N) is 1. The van der Waals surface area contributed by atoms with Gasteiger partial charge in [0.2, 0.25) is 0 Å². The van der Waals surface area contributed by atoms with Gasteiger partial charge >= 0.3 is 5.97 Å². The van der Waals surface area contributed by atoms with E-state index in [1.165, 1.54) is 27.4 Å². The van der Waals surface area contributed by atoms with Crippen molar-refractivity contribution in [2.75, 3.05) is 5.75 Å². The first-order valence-corrected chi connectivity index (χ1v) is 9.66. The van der Waals surface area contributed by atoms with Gasteiger partial charge in [-0.25, -0.2) is 8.42 Å². The summed E-state index contributed by atoms with van der Waals surface area (Å²) in [6, 6.07) is 2.38. The highest BCUT2D eigenvalue weighted by Crippen LogP contribution is 2.47. The molecule has 2 atom stereocenters. The molecule has 1 saturated heterocycles. The molecule has 0 bridgehead atoms. The second kappa shape index (κ2) is 5.01. The smallest absolute Gasteiger partial charge is 0.322 e. The van der Waals surface area contributed by atoms with E-state index in [0.717, 1.165) is 17.7 Å². The fourth-order valence-corrected chi connectivity index (χ4v) is 7.57. The lowest BCUT2D eigenvalue weighted by Gasteiger charge is -2.25. The number of thioether (sulfide) groups is 1. The van der Waals surface area contributed by atoms with E-state index in [1.54, 1.807) is 12.1 Å². The maximum absolute atomic E-state index is 12.8. The lowest BCUT2D eigenvalue weighted by Crippen LogP contribution is -2.45. The molecule has 5 nitrogen and oxygen atoms in total. The molecule has 20 heavy (non-hydrogen) atoms. The fraction of sp³-hybridized carbons (Fsp3) is 0.583. The molecule has 0 amide bonds. The summed E-state index contributed by atoms with van der Waals surface area (Å²) in [5, 5.41) is 9.08. The molecular weight excluding hydrogens is 318 g/mol. The van der Waals surface area contributed by atoms with Crippen LogP contribution in [0.3, 0.4) is 0 Å². The van der Waals surface area contributed by atoms with Crippen molar-refractivity contribution in [3.63, 3.8) is 0 Å². The number of hydrogen-bond acceptors (Lipinski definition) is 5. The molecule has 2 fully saturated rings. The van der Waals surface area contributed by atoms with E-state index < -0.39 is 22.0 Å². The number of carboxylic acid groups (broad SMARTS) is 1. The number of rotatable bonds is 4. The third-order valence-electron chi connectivity index (χ3n) is 3.54. The van der Waals surface area contributed by atoms with E-state index in [4.69, 9.17) is 0 Å². The van der Waals surface area contributed by atoms with Crippen LogP contribution in [0.1, 0.15) is 17.7 Å². The van der Waals surface area contributed by atoms with Crippen LogP contribution in [0.2, 0.25) is 0 Å². The van der Waals surface area contributed by atoms with E-state index in [2.05, 4.69) is 0 Å². The van der Waals surface area contributed by atoms with Crippen LogP contribution < -0.4 is 0 Å². The predicted molar refractivity (Wildman–Crippen MR) is 78.5 cm³/mol. The van der Waals surface area contributed by atoms with E-state index in [-0.39, 0.29) is 9.58 Å². The Hall–Kier alpha value is -0.570. The molecule has 2 heterocycles. The molecule has 2 aliphatic rings. The standard InChI is InChI=1S/C12H15NO4S3/c1-7-2-5-10(19-7)20(16,17)13-9(12(14)15)6-18-11(13)8-3-4-8/h2,5,8-9,11H,3-4,6H2,1H3,(H,14,15). The summed E-state index contributed by atoms with van der Waals surface area (Å²) in [6.07, 6.45) is 1.97. The van der Waals surface area contributed by atoms with Gasteiger partial charge in [0.05, 0.1) is 5.37 Å². The minimum atomic E-state index is -3.72. The molecule has 2 unspecified atom stereocenters. The van der Waals surface area contributed by atoms with Gasteiger partial charge in [0.25, 0.3) is 10.0 Å². The molecule has 110 valence electrons. The SMILES string of the molecule is Cc1ccc(S(=O)(=O)N2C(C(=O)O)CSC2C2CC2)s1. The molecule has 8 heteroatoms. The van der Waals surface area contributed by atoms with Gasteiger partial charge < -0.3 is 5.11 Å². The number of hydrogen-bond donors (Lipinski definition) is 1. The Bertz CT molecular complexity index is 635. The second-order valence-electron chi connectivity index (χ2n) is 5.12. The summed E-state index contributed by atoms with van der Waals surface area (Å²) in [6.45, 7) is 1.84. The van der Waals surface area contributed by atoms with Crippen molar-refractivity contribution in [1.82, 2.24) is 4.31 Å². The molecule has 1 aromatic heterocycles. The highest BCUT2D eigenvalue weighted by atomic mass is 32.2. The molecule has 0 radical (unpaired) electrons. The molecular formula is C12H15NO4S3. The first-order valence-electron chi connectivity index (χ1n) is 6.35. The second-order valence-corrected chi connectivity index (χ2v) is 9.62. The van der Waals surface area contributed by atoms with Crippen molar-refractivity contribution in [2.24, 2.45) is 5.92 Å². The van der Waals surface area contributed by atoms with Gasteiger partial charge in [0.1, 0.15) is 10.3 Å². The van der Waals surface area contributed by atoms with Gasteiger partial charge in [0.15, 0.2) is 0 Å². The number of sulfonamides is 1. The maximum atomic E-state index is 12.8. The van der Waals surface area contributed by atoms with Crippen LogP contribution in [-0.2, 0) is 14.8 Å². The summed E-state index contributed by atoms with van der Waals surface area (Å²) in [5.74, 6) is -0.419. The molecule has 1 N–H and O–H groups in total. The quantitative estimate of drug-likeness (QED) is 0.912. The monoisotopic (exact) mass is 333 g/mol. The number of carboxylic acids is 1. The predicted octanol–water partition coefficient (Wildman–Crippen LogP) is 1.98. The molecule has 0 spiro atoms. The Morgan fingerprint density at radius 3 is 2.60 bits per heavy atom. The van der Waals surface area contributed by atoms with Crippen LogP contribution in [0.15, 0.2) is 16.3 Å². The average Bonchev–Trinajstić information content (AvgIpc) is 2.95. The Labute approximate surface area is 126 Å². The maximum Gasteiger partial charge on any atom is 0.322 e. The minimum Gasteiger partial charge on any atom is -0.480 e. The van der Waals surface area contributed by atoms with Crippen molar-refractivity contribution in [1.29, 1.82) is 0 Å². The summed E-state index contributed by atoms with van der Waals surface area (Å²) in [5.41, 5.74) is 0. The largest absolute Gasteiger partial charge is 0.480 e. The van der Waals surface area contributed by atoms with E-state index >= 15 is 0 Å². The summed E-state index contributed by atoms with van der Waals surface area (Å²) >= 11 is 2.65. The first kappa shape index (κ1) is 14.4. The third kappa shape index (κ3) is 2.38. The highest BCUT2D eigenvalue weighted by Gasteiger charge is 2.51. The molecule has 1 aliphatic carbocycles. The topological polar surface area (TPSA) is 74.7 Å². The normalized spacial score (nSPS) is 27.9. The molecule has 0 aromatic carbocycles. The molecule has 3 rings (SSSR count). The van der Waals surface area contributed by atoms with Gasteiger partial charge in [-0.1, -0.05) is 0 Å². The van der Waals surface area contributed by atoms with E-state index in [0.29, 0.717) is 11.7 Å². The van der Waals surface area contributed by atoms with Crippen LogP contribution in [0, 0.1) is 12.8 Å². The zero-order chi connectivity index (χ0) is 14.5. The van der Waals surface area contributed by atoms with Crippen LogP contribution in [0.4, 0.5) is 0 Å². The zero-order valence-corrected chi connectivity index (χ0v) is 13.3. The van der Waals surface area contributed by atoms with E-state index in [9.17, 15) is 18.3 Å². The minimum absolute atomic E-state index is 0.219. The Kier molecular flexibility index (Phi) is 3.60. The number of aliphatic carboxylic acids is 1. The Morgan fingerprint density at radius 2 is 2.10 bits per heavy atom. The Morgan fingerprint density at radius 1 is 1.40 bits per heavy atom. The summed E-state index contributed by atoms with van der Waals surface area (Å²) < 4.78 is 27.0. The molecule has 1 aromatic rings. The van der Waals surface area contributed by atoms with Gasteiger partial charge in [-0.3, -0.25) is 4.79 Å². The lowest BCUT2D eigenvalue weighted by molar-refractivity contribution is -0.140. The van der Waals surface area contributed by atoms with Crippen LogP contribution in [0.25, 0.3) is 0 Å². The van der Waals surface area contributed by atoms with Crippen molar-refractivity contribution in [3.8, 4) is 0 Å². The van der Waals surface area contributed by atoms with Gasteiger partial charge in [0, 0.05) is 10.6 Å². The van der Waals surface area contributed by atoms with Gasteiger partial charge in [-0.2, -0.15) is 4.31 Å². The van der Waals surface area contributed by atoms with Crippen LogP contribution in [-0.4, -0.2) is 41.0 Å². The van der Waals surface area contributed by atoms with Crippen molar-refractivity contribution in [2.45, 2.75) is 35.4 Å². The number of aryl methyl sites for hydroxylation is 1. The zero-order valence-electron chi connectivity index (χ0n) is 10.9. The summed E-state index contributed by atoms with van der Waals surface area (Å²) in [4.78, 5) is 12.3. The fourth-order valence-electron chi connectivity index (χ4n) is 2.38. The van der Waals surface area contributed by atoms with Gasteiger partial charge in [-0.05, 0) is 37.8 Å². The first-order chi connectivity index (χ1) is 9.41. The van der Waals surface area contributed by atoms with Crippen molar-refractivity contribution >= 4 is 39.1 Å².